The molecule has 2 aliphatic carbocycles. The Morgan fingerprint density at radius 2 is 1.53 bits per heavy atom. The first-order valence-corrected chi connectivity index (χ1v) is 12.6. The molecule has 1 heterocycles. The number of carbonyl (C=O) groups excluding carboxylic acids is 1. The maximum absolute atomic E-state index is 14.6. The van der Waals surface area contributed by atoms with Gasteiger partial charge in [-0.1, -0.05) is 97.6 Å². The zero-order valence-electron chi connectivity index (χ0n) is 19.3. The van der Waals surface area contributed by atoms with E-state index in [2.05, 4.69) is 42.5 Å². The van der Waals surface area contributed by atoms with Crippen molar-refractivity contribution in [2.75, 3.05) is 0 Å². The minimum atomic E-state index is -0.968. The topological polar surface area (TPSA) is 32.7 Å². The van der Waals surface area contributed by atoms with E-state index < -0.39 is 5.41 Å². The summed E-state index contributed by atoms with van der Waals surface area (Å²) in [4.78, 5) is 14.6. The molecule has 4 heteroatoms. The molecule has 0 bridgehead atoms. The third kappa shape index (κ3) is 3.03. The maximum Gasteiger partial charge on any atom is 0.263 e. The van der Waals surface area contributed by atoms with Gasteiger partial charge in [0.15, 0.2) is 0 Å². The monoisotopic (exact) mass is 466 g/mol. The van der Waals surface area contributed by atoms with E-state index in [0.29, 0.717) is 5.02 Å². The lowest BCUT2D eigenvalue weighted by atomic mass is 9.70. The second-order valence-electron chi connectivity index (χ2n) is 9.55. The number of halogens is 1. The summed E-state index contributed by atoms with van der Waals surface area (Å²) in [6.45, 7) is 2.02. The molecule has 3 aliphatic rings. The Labute approximate surface area is 205 Å². The Kier molecular flexibility index (Phi) is 5.18. The SMILES string of the molecule is CC1=NN(C2CCCCC2)C(=O)[C@@]12C(c1ccccc1)=C(c1ccccc1)c1ccc(Cl)cc12. The number of hydrogen-bond acceptors (Lipinski definition) is 2. The van der Waals surface area contributed by atoms with Crippen LogP contribution in [0.1, 0.15) is 61.3 Å². The molecule has 1 aliphatic heterocycles. The smallest absolute Gasteiger partial charge is 0.263 e. The number of hydrogen-bond donors (Lipinski definition) is 0. The fourth-order valence-electron chi connectivity index (χ4n) is 6.15. The van der Waals surface area contributed by atoms with Gasteiger partial charge in [-0.25, -0.2) is 5.01 Å². The fourth-order valence-corrected chi connectivity index (χ4v) is 6.32. The Morgan fingerprint density at radius 1 is 0.882 bits per heavy atom. The normalized spacial score (nSPS) is 22.5. The van der Waals surface area contributed by atoms with Crippen LogP contribution in [0.25, 0.3) is 11.1 Å². The molecule has 3 nitrogen and oxygen atoms in total. The molecule has 1 amide bonds. The molecule has 1 fully saturated rings. The van der Waals surface area contributed by atoms with Crippen LogP contribution in [0.15, 0.2) is 84.0 Å². The molecule has 3 aromatic carbocycles. The van der Waals surface area contributed by atoms with Crippen LogP contribution >= 0.6 is 11.6 Å². The van der Waals surface area contributed by atoms with Crippen molar-refractivity contribution in [3.05, 3.63) is 106 Å². The minimum Gasteiger partial charge on any atom is -0.271 e. The van der Waals surface area contributed by atoms with Crippen LogP contribution in [0.2, 0.25) is 5.02 Å². The van der Waals surface area contributed by atoms with Gasteiger partial charge in [-0.3, -0.25) is 4.79 Å². The highest BCUT2D eigenvalue weighted by atomic mass is 35.5. The van der Waals surface area contributed by atoms with Crippen LogP contribution in [0.5, 0.6) is 0 Å². The number of hydrazone groups is 1. The zero-order valence-corrected chi connectivity index (χ0v) is 20.1. The molecule has 6 rings (SSSR count). The molecule has 1 atom stereocenters. The predicted molar refractivity (Wildman–Crippen MR) is 139 cm³/mol. The summed E-state index contributed by atoms with van der Waals surface area (Å²) in [6, 6.07) is 26.8. The van der Waals surface area contributed by atoms with E-state index in [4.69, 9.17) is 16.7 Å². The molecular formula is C30H27ClN2O. The largest absolute Gasteiger partial charge is 0.271 e. The summed E-state index contributed by atoms with van der Waals surface area (Å²) in [7, 11) is 0. The lowest BCUT2D eigenvalue weighted by Gasteiger charge is -2.33. The van der Waals surface area contributed by atoms with E-state index in [1.807, 2.05) is 48.3 Å². The van der Waals surface area contributed by atoms with Gasteiger partial charge in [0.25, 0.3) is 5.91 Å². The van der Waals surface area contributed by atoms with E-state index >= 15 is 0 Å². The summed E-state index contributed by atoms with van der Waals surface area (Å²) in [5.74, 6) is 0.0604. The number of nitrogens with zero attached hydrogens (tertiary/aromatic N) is 2. The van der Waals surface area contributed by atoms with Crippen LogP contribution in [-0.2, 0) is 10.2 Å². The Morgan fingerprint density at radius 3 is 2.21 bits per heavy atom. The average molecular weight is 467 g/mol. The van der Waals surface area contributed by atoms with Crippen LogP contribution in [0, 0.1) is 0 Å². The molecule has 0 unspecified atom stereocenters. The molecule has 34 heavy (non-hydrogen) atoms. The predicted octanol–water partition coefficient (Wildman–Crippen LogP) is 7.10. The number of rotatable bonds is 3. The van der Waals surface area contributed by atoms with Crippen LogP contribution in [-0.4, -0.2) is 22.7 Å². The van der Waals surface area contributed by atoms with Gasteiger partial charge >= 0.3 is 0 Å². The third-order valence-corrected chi connectivity index (χ3v) is 7.89. The van der Waals surface area contributed by atoms with E-state index in [0.717, 1.165) is 64.8 Å². The maximum atomic E-state index is 14.6. The highest BCUT2D eigenvalue weighted by Gasteiger charge is 2.59. The van der Waals surface area contributed by atoms with Crippen molar-refractivity contribution < 1.29 is 4.79 Å². The van der Waals surface area contributed by atoms with Crippen molar-refractivity contribution in [1.29, 1.82) is 0 Å². The number of carbonyl (C=O) groups is 1. The summed E-state index contributed by atoms with van der Waals surface area (Å²) in [6.07, 6.45) is 5.55. The lowest BCUT2D eigenvalue weighted by Crippen LogP contribution is -2.46. The van der Waals surface area contributed by atoms with Gasteiger partial charge in [-0.15, -0.1) is 0 Å². The van der Waals surface area contributed by atoms with Crippen molar-refractivity contribution in [2.24, 2.45) is 5.10 Å². The molecule has 170 valence electrons. The summed E-state index contributed by atoms with van der Waals surface area (Å²) >= 11 is 6.57. The molecule has 1 saturated carbocycles. The number of amides is 1. The molecule has 3 aromatic rings. The zero-order chi connectivity index (χ0) is 23.3. The number of benzene rings is 3. The van der Waals surface area contributed by atoms with Gasteiger partial charge in [0.05, 0.1) is 11.8 Å². The Hall–Kier alpha value is -3.17. The van der Waals surface area contributed by atoms with E-state index in [1.54, 1.807) is 0 Å². The number of fused-ring (bicyclic) bond motifs is 2. The standard InChI is InChI=1S/C30H27ClN2O/c1-20-30(29(34)33(32-20)24-15-9-4-10-16-24)26-19-23(31)17-18-25(26)27(21-11-5-2-6-12-21)28(30)22-13-7-3-8-14-22/h2-3,5-8,11-14,17-19,24H,4,9-10,15-16H2,1H3/t30-/m0/s1. The molecule has 0 N–H and O–H groups in total. The second kappa shape index (κ2) is 8.25. The summed E-state index contributed by atoms with van der Waals surface area (Å²) in [5, 5.41) is 7.44. The summed E-state index contributed by atoms with van der Waals surface area (Å²) in [5.41, 5.74) is 6.11. The molecule has 0 radical (unpaired) electrons. The van der Waals surface area contributed by atoms with Gasteiger partial charge in [0.2, 0.25) is 0 Å². The van der Waals surface area contributed by atoms with Gasteiger partial charge < -0.3 is 0 Å². The van der Waals surface area contributed by atoms with Crippen molar-refractivity contribution in [3.63, 3.8) is 0 Å². The lowest BCUT2D eigenvalue weighted by molar-refractivity contribution is -0.134. The van der Waals surface area contributed by atoms with Crippen LogP contribution < -0.4 is 0 Å². The molecule has 0 saturated heterocycles. The first kappa shape index (κ1) is 21.4. The minimum absolute atomic E-state index is 0.0604. The molecular weight excluding hydrogens is 440 g/mol. The van der Waals surface area contributed by atoms with Crippen molar-refractivity contribution in [2.45, 2.75) is 50.5 Å². The van der Waals surface area contributed by atoms with E-state index in [-0.39, 0.29) is 11.9 Å². The molecule has 0 aromatic heterocycles. The highest BCUT2D eigenvalue weighted by molar-refractivity contribution is 6.34. The van der Waals surface area contributed by atoms with Crippen LogP contribution in [0.3, 0.4) is 0 Å². The quantitative estimate of drug-likeness (QED) is 0.405. The first-order chi connectivity index (χ1) is 16.6. The first-order valence-electron chi connectivity index (χ1n) is 12.2. The van der Waals surface area contributed by atoms with E-state index in [1.165, 1.54) is 6.42 Å². The Bertz CT molecular complexity index is 1320. The summed E-state index contributed by atoms with van der Waals surface area (Å²) < 4.78 is 0. The molecule has 1 spiro atoms. The van der Waals surface area contributed by atoms with Gasteiger partial charge in [0.1, 0.15) is 5.41 Å². The van der Waals surface area contributed by atoms with Gasteiger partial charge in [-0.05, 0) is 65.3 Å². The van der Waals surface area contributed by atoms with Crippen molar-refractivity contribution in [1.82, 2.24) is 5.01 Å². The fraction of sp³-hybridized carbons (Fsp3) is 0.267. The van der Waals surface area contributed by atoms with Crippen LogP contribution in [0.4, 0.5) is 0 Å². The van der Waals surface area contributed by atoms with Crippen molar-refractivity contribution >= 4 is 34.4 Å². The van der Waals surface area contributed by atoms with E-state index in [9.17, 15) is 4.79 Å². The Balaban J connectivity index is 1.67. The second-order valence-corrected chi connectivity index (χ2v) is 9.99. The van der Waals surface area contributed by atoms with Gasteiger partial charge in [0, 0.05) is 5.02 Å². The highest BCUT2D eigenvalue weighted by Crippen LogP contribution is 2.57. The average Bonchev–Trinajstić information content (AvgIpc) is 3.33. The third-order valence-electron chi connectivity index (χ3n) is 7.65. The van der Waals surface area contributed by atoms with Crippen molar-refractivity contribution in [3.8, 4) is 0 Å². The van der Waals surface area contributed by atoms with Gasteiger partial charge in [-0.2, -0.15) is 5.10 Å².